The molecular weight excluding hydrogens is 394 g/mol. The number of amides is 2. The minimum absolute atomic E-state index is 0.103. The molecule has 0 bridgehead atoms. The van der Waals surface area contributed by atoms with E-state index in [1.54, 1.807) is 18.2 Å². The number of halogens is 1. The largest absolute Gasteiger partial charge is 0.317 e. The van der Waals surface area contributed by atoms with Gasteiger partial charge in [0.1, 0.15) is 5.57 Å². The van der Waals surface area contributed by atoms with Gasteiger partial charge in [-0.3, -0.25) is 15.0 Å². The zero-order valence-corrected chi connectivity index (χ0v) is 15.2. The Morgan fingerprint density at radius 3 is 2.31 bits per heavy atom. The summed E-state index contributed by atoms with van der Waals surface area (Å²) >= 11 is 3.42. The molecule has 0 spiro atoms. The number of nitrogens with zero attached hydrogens (tertiary/aromatic N) is 2. The number of rotatable bonds is 3. The van der Waals surface area contributed by atoms with E-state index >= 15 is 0 Å². The molecule has 3 aromatic rings. The first-order valence-corrected chi connectivity index (χ1v) is 8.78. The summed E-state index contributed by atoms with van der Waals surface area (Å²) in [4.78, 5) is 25.0. The molecule has 6 heteroatoms. The molecule has 2 heterocycles. The van der Waals surface area contributed by atoms with Crippen molar-refractivity contribution in [1.82, 2.24) is 9.99 Å². The lowest BCUT2D eigenvalue weighted by Gasteiger charge is -2.13. The maximum atomic E-state index is 12.7. The quantitative estimate of drug-likeness (QED) is 0.531. The summed E-state index contributed by atoms with van der Waals surface area (Å²) in [5.74, 6) is -0.785. The average molecular weight is 408 g/mol. The third-order valence-corrected chi connectivity index (χ3v) is 4.61. The van der Waals surface area contributed by atoms with Crippen LogP contribution in [0.25, 0.3) is 11.8 Å². The van der Waals surface area contributed by atoms with Crippen LogP contribution in [0.15, 0.2) is 83.0 Å². The van der Waals surface area contributed by atoms with Crippen LogP contribution in [-0.4, -0.2) is 16.4 Å². The highest BCUT2D eigenvalue weighted by Crippen LogP contribution is 2.23. The highest BCUT2D eigenvalue weighted by Gasteiger charge is 2.34. The number of anilines is 1. The van der Waals surface area contributed by atoms with Gasteiger partial charge in [0.25, 0.3) is 11.8 Å². The first-order chi connectivity index (χ1) is 12.6. The zero-order valence-electron chi connectivity index (χ0n) is 13.6. The molecule has 1 aliphatic rings. The third-order valence-electron chi connectivity index (χ3n) is 4.08. The molecule has 0 atom stereocenters. The predicted molar refractivity (Wildman–Crippen MR) is 104 cm³/mol. The van der Waals surface area contributed by atoms with Crippen molar-refractivity contribution in [1.29, 1.82) is 0 Å². The Balaban J connectivity index is 1.69. The van der Waals surface area contributed by atoms with E-state index in [1.807, 2.05) is 65.4 Å². The van der Waals surface area contributed by atoms with Crippen molar-refractivity contribution in [3.8, 4) is 5.69 Å². The highest BCUT2D eigenvalue weighted by atomic mass is 79.9. The van der Waals surface area contributed by atoms with Crippen LogP contribution in [0.3, 0.4) is 0 Å². The Morgan fingerprint density at radius 2 is 1.58 bits per heavy atom. The number of carbonyl (C=O) groups is 2. The molecular formula is C20H14BrN3O2. The molecule has 2 amide bonds. The topological polar surface area (TPSA) is 54.3 Å². The number of hydrogen-bond donors (Lipinski definition) is 1. The van der Waals surface area contributed by atoms with Gasteiger partial charge in [0.15, 0.2) is 0 Å². The Bertz CT molecular complexity index is 1010. The third kappa shape index (κ3) is 2.95. The molecule has 2 aromatic carbocycles. The lowest BCUT2D eigenvalue weighted by atomic mass is 10.2. The molecule has 26 heavy (non-hydrogen) atoms. The zero-order chi connectivity index (χ0) is 18.1. The van der Waals surface area contributed by atoms with E-state index in [2.05, 4.69) is 21.4 Å². The van der Waals surface area contributed by atoms with Gasteiger partial charge in [-0.25, -0.2) is 5.01 Å². The van der Waals surface area contributed by atoms with E-state index < -0.39 is 5.91 Å². The van der Waals surface area contributed by atoms with E-state index in [9.17, 15) is 9.59 Å². The number of benzene rings is 2. The van der Waals surface area contributed by atoms with E-state index in [0.29, 0.717) is 5.69 Å². The van der Waals surface area contributed by atoms with Gasteiger partial charge in [-0.2, -0.15) is 0 Å². The number of para-hydroxylation sites is 1. The van der Waals surface area contributed by atoms with E-state index in [0.717, 1.165) is 15.9 Å². The fraction of sp³-hybridized carbons (Fsp3) is 0. The summed E-state index contributed by atoms with van der Waals surface area (Å²) in [6.07, 6.45) is 3.50. The summed E-state index contributed by atoms with van der Waals surface area (Å²) in [7, 11) is 0. The average Bonchev–Trinajstić information content (AvgIpc) is 3.23. The molecule has 4 rings (SSSR count). The summed E-state index contributed by atoms with van der Waals surface area (Å²) in [6, 6.07) is 20.6. The van der Waals surface area contributed by atoms with Crippen molar-refractivity contribution in [2.45, 2.75) is 0 Å². The lowest BCUT2D eigenvalue weighted by Crippen LogP contribution is -2.35. The molecule has 1 aliphatic heterocycles. The normalized spacial score (nSPS) is 15.6. The van der Waals surface area contributed by atoms with Crippen LogP contribution in [0.2, 0.25) is 0 Å². The van der Waals surface area contributed by atoms with E-state index in [4.69, 9.17) is 0 Å². The minimum atomic E-state index is -0.414. The van der Waals surface area contributed by atoms with E-state index in [1.165, 1.54) is 5.01 Å². The fourth-order valence-corrected chi connectivity index (χ4v) is 3.08. The van der Waals surface area contributed by atoms with Crippen LogP contribution in [0.5, 0.6) is 0 Å². The minimum Gasteiger partial charge on any atom is -0.317 e. The van der Waals surface area contributed by atoms with Crippen LogP contribution < -0.4 is 10.4 Å². The van der Waals surface area contributed by atoms with E-state index in [-0.39, 0.29) is 11.5 Å². The van der Waals surface area contributed by atoms with Crippen LogP contribution in [0.1, 0.15) is 5.69 Å². The fourth-order valence-electron chi connectivity index (χ4n) is 2.81. The second-order valence-corrected chi connectivity index (χ2v) is 6.67. The highest BCUT2D eigenvalue weighted by molar-refractivity contribution is 9.10. The molecule has 0 aliphatic carbocycles. The van der Waals surface area contributed by atoms with Crippen molar-refractivity contribution in [2.75, 3.05) is 5.01 Å². The number of carbonyl (C=O) groups excluding carboxylic acids is 2. The summed E-state index contributed by atoms with van der Waals surface area (Å²) in [5.41, 5.74) is 5.03. The van der Waals surface area contributed by atoms with Crippen LogP contribution in [0, 0.1) is 0 Å². The number of hydrogen-bond acceptors (Lipinski definition) is 2. The summed E-state index contributed by atoms with van der Waals surface area (Å²) < 4.78 is 2.91. The SMILES string of the molecule is O=C1NN(c2ccccc2)C(=O)C1=Cc1cccn1-c1ccc(Br)cc1. The number of nitrogens with one attached hydrogen (secondary N) is 1. The smallest absolute Gasteiger partial charge is 0.282 e. The van der Waals surface area contributed by atoms with Crippen molar-refractivity contribution < 1.29 is 9.59 Å². The molecule has 1 aromatic heterocycles. The van der Waals surface area contributed by atoms with Gasteiger partial charge in [0.2, 0.25) is 0 Å². The Hall–Kier alpha value is -3.12. The Labute approximate surface area is 158 Å². The molecule has 0 saturated carbocycles. The summed E-state index contributed by atoms with van der Waals surface area (Å²) in [5, 5.41) is 1.26. The van der Waals surface area contributed by atoms with Crippen molar-refractivity contribution in [3.05, 3.63) is 88.7 Å². The van der Waals surface area contributed by atoms with Gasteiger partial charge in [0, 0.05) is 22.1 Å². The van der Waals surface area contributed by atoms with Crippen LogP contribution >= 0.6 is 15.9 Å². The maximum Gasteiger partial charge on any atom is 0.282 e. The molecule has 1 fully saturated rings. The molecule has 5 nitrogen and oxygen atoms in total. The molecule has 1 saturated heterocycles. The lowest BCUT2D eigenvalue weighted by molar-refractivity contribution is -0.117. The maximum absolute atomic E-state index is 12.7. The van der Waals surface area contributed by atoms with Crippen molar-refractivity contribution in [2.24, 2.45) is 0 Å². The summed E-state index contributed by atoms with van der Waals surface area (Å²) in [6.45, 7) is 0. The van der Waals surface area contributed by atoms with Gasteiger partial charge in [-0.05, 0) is 54.6 Å². The van der Waals surface area contributed by atoms with Gasteiger partial charge >= 0.3 is 0 Å². The first kappa shape index (κ1) is 16.4. The first-order valence-electron chi connectivity index (χ1n) is 7.99. The number of hydrazine groups is 1. The Kier molecular flexibility index (Phi) is 4.18. The van der Waals surface area contributed by atoms with Gasteiger partial charge in [-0.1, -0.05) is 34.1 Å². The second-order valence-electron chi connectivity index (χ2n) is 5.75. The molecule has 0 unspecified atom stereocenters. The monoisotopic (exact) mass is 407 g/mol. The van der Waals surface area contributed by atoms with Crippen molar-refractivity contribution in [3.63, 3.8) is 0 Å². The molecule has 1 N–H and O–H groups in total. The molecule has 0 radical (unpaired) electrons. The standard InChI is InChI=1S/C20H14BrN3O2/c21-14-8-10-15(11-9-14)23-12-4-7-17(23)13-18-19(25)22-24(20(18)26)16-5-2-1-3-6-16/h1-13H,(H,22,25). The van der Waals surface area contributed by atoms with Crippen LogP contribution in [0.4, 0.5) is 5.69 Å². The molecule has 128 valence electrons. The van der Waals surface area contributed by atoms with Gasteiger partial charge in [-0.15, -0.1) is 0 Å². The van der Waals surface area contributed by atoms with Gasteiger partial charge < -0.3 is 4.57 Å². The van der Waals surface area contributed by atoms with Crippen LogP contribution in [-0.2, 0) is 9.59 Å². The Morgan fingerprint density at radius 1 is 0.846 bits per heavy atom. The van der Waals surface area contributed by atoms with Crippen molar-refractivity contribution >= 4 is 39.5 Å². The van der Waals surface area contributed by atoms with Gasteiger partial charge in [0.05, 0.1) is 5.69 Å². The second kappa shape index (κ2) is 6.65. The predicted octanol–water partition coefficient (Wildman–Crippen LogP) is 3.70. The number of aromatic nitrogens is 1.